The van der Waals surface area contributed by atoms with Crippen LogP contribution in [-0.2, 0) is 0 Å². The fourth-order valence-corrected chi connectivity index (χ4v) is 2.61. The van der Waals surface area contributed by atoms with Crippen molar-refractivity contribution in [1.82, 2.24) is 4.98 Å². The van der Waals surface area contributed by atoms with Crippen molar-refractivity contribution in [3.05, 3.63) is 56.9 Å². The van der Waals surface area contributed by atoms with E-state index in [2.05, 4.69) is 20.9 Å². The smallest absolute Gasteiger partial charge is 0.347 e. The van der Waals surface area contributed by atoms with Gasteiger partial charge < -0.3 is 9.15 Å². The molecule has 0 aliphatic heterocycles. The van der Waals surface area contributed by atoms with Crippen LogP contribution in [0.2, 0.25) is 0 Å². The van der Waals surface area contributed by atoms with Gasteiger partial charge >= 0.3 is 5.63 Å². The van der Waals surface area contributed by atoms with Crippen LogP contribution in [0.5, 0.6) is 5.75 Å². The normalized spacial score (nSPS) is 10.8. The van der Waals surface area contributed by atoms with Crippen molar-refractivity contribution >= 4 is 26.8 Å². The standard InChI is InChI=1S/C16H12BrNO3/c1-9-4-3-5-12-14(9)16(19)21-15(18-12)11-8-10(17)6-7-13(11)20-2/h3-8H,1-2H3. The van der Waals surface area contributed by atoms with Gasteiger partial charge in [-0.05, 0) is 36.8 Å². The molecule has 0 amide bonds. The molecule has 0 saturated heterocycles. The van der Waals surface area contributed by atoms with Crippen LogP contribution in [0, 0.1) is 6.92 Å². The quantitative estimate of drug-likeness (QED) is 0.705. The SMILES string of the molecule is COc1ccc(Br)cc1-c1nc2cccc(C)c2c(=O)o1. The van der Waals surface area contributed by atoms with Crippen LogP contribution in [0.25, 0.3) is 22.4 Å². The minimum absolute atomic E-state index is 0.247. The molecule has 0 fully saturated rings. The van der Waals surface area contributed by atoms with E-state index in [1.54, 1.807) is 19.2 Å². The number of aryl methyl sites for hydroxylation is 1. The van der Waals surface area contributed by atoms with Crippen molar-refractivity contribution in [2.75, 3.05) is 7.11 Å². The van der Waals surface area contributed by atoms with Crippen LogP contribution in [0.1, 0.15) is 5.56 Å². The first-order valence-corrected chi connectivity index (χ1v) is 7.14. The fraction of sp³-hybridized carbons (Fsp3) is 0.125. The first-order valence-electron chi connectivity index (χ1n) is 6.34. The monoisotopic (exact) mass is 345 g/mol. The van der Waals surface area contributed by atoms with E-state index >= 15 is 0 Å². The summed E-state index contributed by atoms with van der Waals surface area (Å²) in [6.45, 7) is 1.86. The zero-order valence-electron chi connectivity index (χ0n) is 11.5. The second-order valence-electron chi connectivity index (χ2n) is 4.62. The van der Waals surface area contributed by atoms with Gasteiger partial charge in [-0.25, -0.2) is 9.78 Å². The van der Waals surface area contributed by atoms with Crippen molar-refractivity contribution in [2.24, 2.45) is 0 Å². The predicted octanol–water partition coefficient (Wildman–Crippen LogP) is 3.93. The van der Waals surface area contributed by atoms with Gasteiger partial charge in [0.1, 0.15) is 5.75 Å². The highest BCUT2D eigenvalue weighted by molar-refractivity contribution is 9.10. The van der Waals surface area contributed by atoms with Crippen LogP contribution >= 0.6 is 15.9 Å². The maximum absolute atomic E-state index is 12.2. The maximum atomic E-state index is 12.2. The summed E-state index contributed by atoms with van der Waals surface area (Å²) >= 11 is 3.40. The summed E-state index contributed by atoms with van der Waals surface area (Å²) in [5.74, 6) is 0.845. The van der Waals surface area contributed by atoms with Gasteiger partial charge in [-0.3, -0.25) is 0 Å². The average molecular weight is 346 g/mol. The number of ether oxygens (including phenoxy) is 1. The van der Waals surface area contributed by atoms with E-state index in [4.69, 9.17) is 9.15 Å². The molecule has 106 valence electrons. The second kappa shape index (κ2) is 5.33. The van der Waals surface area contributed by atoms with Crippen molar-refractivity contribution in [1.29, 1.82) is 0 Å². The molecular weight excluding hydrogens is 334 g/mol. The van der Waals surface area contributed by atoms with E-state index in [1.165, 1.54) is 0 Å². The minimum Gasteiger partial charge on any atom is -0.496 e. The van der Waals surface area contributed by atoms with E-state index in [9.17, 15) is 4.79 Å². The number of fused-ring (bicyclic) bond motifs is 1. The second-order valence-corrected chi connectivity index (χ2v) is 5.54. The summed E-state index contributed by atoms with van der Waals surface area (Å²) in [7, 11) is 1.57. The van der Waals surface area contributed by atoms with Gasteiger partial charge in [0.25, 0.3) is 0 Å². The molecule has 3 rings (SSSR count). The highest BCUT2D eigenvalue weighted by Crippen LogP contribution is 2.31. The molecule has 0 N–H and O–H groups in total. The molecular formula is C16H12BrNO3. The lowest BCUT2D eigenvalue weighted by atomic mass is 10.1. The topological polar surface area (TPSA) is 52.3 Å². The van der Waals surface area contributed by atoms with Crippen LogP contribution in [0.4, 0.5) is 0 Å². The van der Waals surface area contributed by atoms with Crippen LogP contribution < -0.4 is 10.4 Å². The van der Waals surface area contributed by atoms with E-state index in [-0.39, 0.29) is 5.89 Å². The third-order valence-corrected chi connectivity index (χ3v) is 3.75. The molecule has 0 aliphatic carbocycles. The van der Waals surface area contributed by atoms with Crippen molar-refractivity contribution < 1.29 is 9.15 Å². The number of rotatable bonds is 2. The average Bonchev–Trinajstić information content (AvgIpc) is 2.47. The van der Waals surface area contributed by atoms with Gasteiger partial charge in [0.05, 0.1) is 23.6 Å². The molecule has 4 nitrogen and oxygen atoms in total. The Morgan fingerprint density at radius 3 is 2.81 bits per heavy atom. The zero-order valence-corrected chi connectivity index (χ0v) is 13.1. The first-order chi connectivity index (χ1) is 10.1. The van der Waals surface area contributed by atoms with Crippen LogP contribution in [-0.4, -0.2) is 12.1 Å². The summed E-state index contributed by atoms with van der Waals surface area (Å²) in [4.78, 5) is 16.7. The van der Waals surface area contributed by atoms with Gasteiger partial charge in [-0.15, -0.1) is 0 Å². The van der Waals surface area contributed by atoms with Gasteiger partial charge in [0.15, 0.2) is 0 Å². The van der Waals surface area contributed by atoms with Crippen molar-refractivity contribution in [3.63, 3.8) is 0 Å². The maximum Gasteiger partial charge on any atom is 0.347 e. The van der Waals surface area contributed by atoms with Gasteiger partial charge in [-0.2, -0.15) is 0 Å². The number of benzene rings is 2. The fourth-order valence-electron chi connectivity index (χ4n) is 2.24. The lowest BCUT2D eigenvalue weighted by Crippen LogP contribution is -2.05. The number of halogens is 1. The van der Waals surface area contributed by atoms with Gasteiger partial charge in [0.2, 0.25) is 5.89 Å². The van der Waals surface area contributed by atoms with E-state index in [0.717, 1.165) is 10.0 Å². The summed E-state index contributed by atoms with van der Waals surface area (Å²) in [5, 5.41) is 0.509. The number of hydrogen-bond donors (Lipinski definition) is 0. The Balaban J connectivity index is 2.32. The lowest BCUT2D eigenvalue weighted by Gasteiger charge is -2.08. The lowest BCUT2D eigenvalue weighted by molar-refractivity contribution is 0.413. The molecule has 2 aromatic carbocycles. The number of nitrogens with zero attached hydrogens (tertiary/aromatic N) is 1. The molecule has 3 aromatic rings. The van der Waals surface area contributed by atoms with E-state index in [1.807, 2.05) is 31.2 Å². The molecule has 0 bridgehead atoms. The molecule has 0 atom stereocenters. The summed E-state index contributed by atoms with van der Waals surface area (Å²) in [6.07, 6.45) is 0. The Morgan fingerprint density at radius 2 is 2.05 bits per heavy atom. The summed E-state index contributed by atoms with van der Waals surface area (Å²) in [5.41, 5.74) is 1.70. The highest BCUT2D eigenvalue weighted by atomic mass is 79.9. The Kier molecular flexibility index (Phi) is 3.51. The minimum atomic E-state index is -0.393. The molecule has 0 radical (unpaired) electrons. The van der Waals surface area contributed by atoms with Crippen LogP contribution in [0.15, 0.2) is 50.1 Å². The number of aromatic nitrogens is 1. The van der Waals surface area contributed by atoms with E-state index in [0.29, 0.717) is 22.2 Å². The molecule has 0 spiro atoms. The van der Waals surface area contributed by atoms with E-state index < -0.39 is 5.63 Å². The molecule has 1 heterocycles. The molecule has 5 heteroatoms. The largest absolute Gasteiger partial charge is 0.496 e. The van der Waals surface area contributed by atoms with Gasteiger partial charge in [0, 0.05) is 4.47 Å². The van der Waals surface area contributed by atoms with Gasteiger partial charge in [-0.1, -0.05) is 28.1 Å². The highest BCUT2D eigenvalue weighted by Gasteiger charge is 2.14. The van der Waals surface area contributed by atoms with Crippen molar-refractivity contribution in [3.8, 4) is 17.2 Å². The predicted molar refractivity (Wildman–Crippen MR) is 84.7 cm³/mol. The molecule has 1 aromatic heterocycles. The third kappa shape index (κ3) is 2.45. The summed E-state index contributed by atoms with van der Waals surface area (Å²) in [6, 6.07) is 11.0. The van der Waals surface area contributed by atoms with Crippen molar-refractivity contribution in [2.45, 2.75) is 6.92 Å². The van der Waals surface area contributed by atoms with Crippen LogP contribution in [0.3, 0.4) is 0 Å². The Hall–Kier alpha value is -2.14. The Bertz CT molecular complexity index is 886. The zero-order chi connectivity index (χ0) is 15.0. The molecule has 0 unspecified atom stereocenters. The summed E-state index contributed by atoms with van der Waals surface area (Å²) < 4.78 is 11.5. The molecule has 21 heavy (non-hydrogen) atoms. The molecule has 0 aliphatic rings. The Morgan fingerprint density at radius 1 is 1.24 bits per heavy atom. The first kappa shape index (κ1) is 13.8. The number of hydrogen-bond acceptors (Lipinski definition) is 4. The Labute approximate surface area is 129 Å². The molecule has 0 saturated carbocycles. The third-order valence-electron chi connectivity index (χ3n) is 3.26. The number of methoxy groups -OCH3 is 1.